The number of aliphatic hydroxyl groups is 1. The molecule has 7 nitrogen and oxygen atoms in total. The largest absolute Gasteiger partial charge is 0.393 e. The Morgan fingerprint density at radius 2 is 1.76 bits per heavy atom. The summed E-state index contributed by atoms with van der Waals surface area (Å²) in [5.74, 6) is 0.522. The van der Waals surface area contributed by atoms with Crippen molar-refractivity contribution in [2.75, 3.05) is 11.4 Å². The first kappa shape index (κ1) is 27.3. The fourth-order valence-corrected chi connectivity index (χ4v) is 7.18. The predicted octanol–water partition coefficient (Wildman–Crippen LogP) is 6.77. The first-order valence-electron chi connectivity index (χ1n) is 15.7. The summed E-state index contributed by atoms with van der Waals surface area (Å²) in [6, 6.07) is 15.0. The van der Waals surface area contributed by atoms with E-state index in [-0.39, 0.29) is 17.9 Å². The summed E-state index contributed by atoms with van der Waals surface area (Å²) in [4.78, 5) is 16.1. The number of hydrogen-bond donors (Lipinski definition) is 1. The number of benzene rings is 2. The van der Waals surface area contributed by atoms with Crippen LogP contribution in [-0.2, 0) is 11.8 Å². The quantitative estimate of drug-likeness (QED) is 0.267. The van der Waals surface area contributed by atoms with E-state index < -0.39 is 5.95 Å². The van der Waals surface area contributed by atoms with Crippen molar-refractivity contribution in [1.82, 2.24) is 19.6 Å². The van der Waals surface area contributed by atoms with Gasteiger partial charge in [-0.05, 0) is 111 Å². The molecule has 220 valence electrons. The van der Waals surface area contributed by atoms with Crippen LogP contribution in [0.25, 0.3) is 22.0 Å². The smallest absolute Gasteiger partial charge is 0.240 e. The van der Waals surface area contributed by atoms with E-state index in [2.05, 4.69) is 51.4 Å². The third-order valence-corrected chi connectivity index (χ3v) is 9.91. The van der Waals surface area contributed by atoms with Crippen molar-refractivity contribution in [2.45, 2.75) is 82.3 Å². The van der Waals surface area contributed by atoms with Crippen LogP contribution < -0.4 is 4.90 Å². The molecular weight excluding hydrogens is 529 g/mol. The fraction of sp³-hybridized carbons (Fsp3) is 0.500. The highest BCUT2D eigenvalue weighted by molar-refractivity contribution is 5.95. The van der Waals surface area contributed by atoms with Crippen LogP contribution in [0.5, 0.6) is 0 Å². The van der Waals surface area contributed by atoms with Crippen LogP contribution in [0.2, 0.25) is 0 Å². The van der Waals surface area contributed by atoms with Crippen molar-refractivity contribution in [2.24, 2.45) is 18.9 Å². The second-order valence-electron chi connectivity index (χ2n) is 12.9. The highest BCUT2D eigenvalue weighted by Crippen LogP contribution is 2.39. The van der Waals surface area contributed by atoms with Crippen molar-refractivity contribution in [3.63, 3.8) is 0 Å². The van der Waals surface area contributed by atoms with Gasteiger partial charge in [0.1, 0.15) is 0 Å². The minimum atomic E-state index is -0.408. The SMILES string of the molecule is Cn1nc(F)c2cc([C@H]3CC[C@H](CN(c4cccc(-c5cnn(C6CC6)c5)c4)C(=O)[C@H]4CC[C@H](O)CC4)CC3)ccc21. The van der Waals surface area contributed by atoms with Crippen molar-refractivity contribution in [3.8, 4) is 11.1 Å². The Morgan fingerprint density at radius 3 is 2.52 bits per heavy atom. The molecule has 2 aromatic carbocycles. The Balaban J connectivity index is 1.09. The molecular formula is C34H40FN5O2. The number of anilines is 1. The lowest BCUT2D eigenvalue weighted by molar-refractivity contribution is -0.124. The van der Waals surface area contributed by atoms with E-state index in [9.17, 15) is 14.3 Å². The van der Waals surface area contributed by atoms with Gasteiger partial charge in [0.2, 0.25) is 11.9 Å². The zero-order valence-corrected chi connectivity index (χ0v) is 24.3. The van der Waals surface area contributed by atoms with Gasteiger partial charge in [0.25, 0.3) is 0 Å². The molecule has 8 heteroatoms. The number of carbonyl (C=O) groups is 1. The average Bonchev–Trinajstić information content (AvgIpc) is 3.68. The molecule has 0 aliphatic heterocycles. The summed E-state index contributed by atoms with van der Waals surface area (Å²) in [5.41, 5.74) is 5.11. The van der Waals surface area contributed by atoms with Crippen LogP contribution in [-0.4, -0.2) is 43.2 Å². The van der Waals surface area contributed by atoms with Gasteiger partial charge >= 0.3 is 0 Å². The van der Waals surface area contributed by atoms with E-state index in [1.807, 2.05) is 23.2 Å². The van der Waals surface area contributed by atoms with Crippen LogP contribution in [0.15, 0.2) is 54.9 Å². The van der Waals surface area contributed by atoms with Crippen LogP contribution in [0, 0.1) is 17.8 Å². The van der Waals surface area contributed by atoms with Gasteiger partial charge in [-0.15, -0.1) is 5.10 Å². The van der Waals surface area contributed by atoms with Crippen molar-refractivity contribution in [1.29, 1.82) is 0 Å². The van der Waals surface area contributed by atoms with Gasteiger partial charge in [-0.3, -0.25) is 14.2 Å². The predicted molar refractivity (Wildman–Crippen MR) is 162 cm³/mol. The van der Waals surface area contributed by atoms with Gasteiger partial charge in [-0.25, -0.2) is 0 Å². The molecule has 0 unspecified atom stereocenters. The molecule has 2 aromatic heterocycles. The maximum Gasteiger partial charge on any atom is 0.240 e. The zero-order valence-electron chi connectivity index (χ0n) is 24.3. The number of fused-ring (bicyclic) bond motifs is 1. The molecule has 0 bridgehead atoms. The number of hydrogen-bond acceptors (Lipinski definition) is 4. The van der Waals surface area contributed by atoms with E-state index >= 15 is 0 Å². The Bertz CT molecular complexity index is 1570. The molecule has 2 heterocycles. The Labute approximate surface area is 246 Å². The van der Waals surface area contributed by atoms with E-state index in [0.29, 0.717) is 42.7 Å². The Kier molecular flexibility index (Phi) is 7.34. The molecule has 1 amide bonds. The van der Waals surface area contributed by atoms with Gasteiger partial charge in [0, 0.05) is 37.0 Å². The second-order valence-corrected chi connectivity index (χ2v) is 12.9. The minimum Gasteiger partial charge on any atom is -0.393 e. The standard InChI is InChI=1S/C34H40FN5O2/c1-38-32-16-11-26(18-31(32)33(35)37-38)23-7-5-22(6-8-23)20-39(34(42)24-9-14-30(41)15-10-24)29-4-2-3-25(17-29)27-19-36-40(21-27)28-12-13-28/h2-4,11,16-19,21-24,28,30,41H,5-10,12-15,20H2,1H3/t22-,23-,24-,30-. The molecule has 3 aliphatic rings. The minimum absolute atomic E-state index is 0.0490. The molecule has 4 aromatic rings. The van der Waals surface area contributed by atoms with Crippen LogP contribution in [0.4, 0.5) is 10.1 Å². The first-order chi connectivity index (χ1) is 20.4. The summed E-state index contributed by atoms with van der Waals surface area (Å²) in [7, 11) is 1.77. The molecule has 7 rings (SSSR count). The first-order valence-corrected chi connectivity index (χ1v) is 15.7. The van der Waals surface area contributed by atoms with Crippen LogP contribution in [0.1, 0.15) is 81.7 Å². The number of amides is 1. The van der Waals surface area contributed by atoms with Crippen LogP contribution in [0.3, 0.4) is 0 Å². The molecule has 0 saturated heterocycles. The van der Waals surface area contributed by atoms with Gasteiger partial charge in [0.15, 0.2) is 0 Å². The molecule has 0 radical (unpaired) electrons. The van der Waals surface area contributed by atoms with Crippen molar-refractivity contribution >= 4 is 22.5 Å². The molecule has 0 spiro atoms. The lowest BCUT2D eigenvalue weighted by atomic mass is 9.78. The fourth-order valence-electron chi connectivity index (χ4n) is 7.18. The average molecular weight is 570 g/mol. The number of aliphatic hydroxyl groups excluding tert-OH is 1. The third kappa shape index (κ3) is 5.49. The molecule has 1 N–H and O–H groups in total. The summed E-state index contributed by atoms with van der Waals surface area (Å²) >= 11 is 0. The number of nitrogens with zero attached hydrogens (tertiary/aromatic N) is 5. The van der Waals surface area contributed by atoms with Gasteiger partial charge in [-0.2, -0.15) is 9.49 Å². The molecule has 3 aliphatic carbocycles. The number of carbonyl (C=O) groups excluding carboxylic acids is 1. The molecule has 0 atom stereocenters. The lowest BCUT2D eigenvalue weighted by Crippen LogP contribution is -2.41. The third-order valence-electron chi connectivity index (χ3n) is 9.91. The van der Waals surface area contributed by atoms with Gasteiger partial charge in [-0.1, -0.05) is 18.2 Å². The summed E-state index contributed by atoms with van der Waals surface area (Å²) in [5, 5.41) is 19.2. The summed E-state index contributed by atoms with van der Waals surface area (Å²) < 4.78 is 18.0. The zero-order chi connectivity index (χ0) is 28.8. The highest BCUT2D eigenvalue weighted by Gasteiger charge is 2.33. The van der Waals surface area contributed by atoms with Crippen LogP contribution >= 0.6 is 0 Å². The monoisotopic (exact) mass is 569 g/mol. The van der Waals surface area contributed by atoms with Crippen molar-refractivity contribution in [3.05, 3.63) is 66.4 Å². The topological polar surface area (TPSA) is 76.2 Å². The second kappa shape index (κ2) is 11.3. The number of aromatic nitrogens is 4. The van der Waals surface area contributed by atoms with E-state index in [1.54, 1.807) is 11.7 Å². The Hall–Kier alpha value is -3.52. The molecule has 3 saturated carbocycles. The maximum absolute atomic E-state index is 14.4. The van der Waals surface area contributed by atoms with Gasteiger partial charge < -0.3 is 10.0 Å². The van der Waals surface area contributed by atoms with E-state index in [4.69, 9.17) is 0 Å². The summed E-state index contributed by atoms with van der Waals surface area (Å²) in [6.07, 6.45) is 13.1. The van der Waals surface area contributed by atoms with Crippen molar-refractivity contribution < 1.29 is 14.3 Å². The molecule has 3 fully saturated rings. The van der Waals surface area contributed by atoms with E-state index in [0.717, 1.165) is 60.9 Å². The van der Waals surface area contributed by atoms with E-state index in [1.165, 1.54) is 18.4 Å². The van der Waals surface area contributed by atoms with Gasteiger partial charge in [0.05, 0.1) is 29.2 Å². The molecule has 42 heavy (non-hydrogen) atoms. The normalized spacial score (nSPS) is 24.6. The highest BCUT2D eigenvalue weighted by atomic mass is 19.1. The number of aryl methyl sites for hydroxylation is 1. The Morgan fingerprint density at radius 1 is 0.976 bits per heavy atom. The maximum atomic E-state index is 14.4. The number of rotatable bonds is 7. The summed E-state index contributed by atoms with van der Waals surface area (Å²) in [6.45, 7) is 0.700. The lowest BCUT2D eigenvalue weighted by Gasteiger charge is -2.36. The number of halogens is 1.